The van der Waals surface area contributed by atoms with Gasteiger partial charge in [0, 0.05) is 50.0 Å². The summed E-state index contributed by atoms with van der Waals surface area (Å²) >= 11 is 0. The SMILES string of the molecule is CN1CCN(c2ccc(CNC(=O)c3cnn4c(O)cc(-c5ccccc5)nc34)cc2)CC1. The van der Waals surface area contributed by atoms with Gasteiger partial charge >= 0.3 is 0 Å². The normalized spacial score (nSPS) is 14.5. The summed E-state index contributed by atoms with van der Waals surface area (Å²) in [5, 5.41) is 17.5. The predicted octanol–water partition coefficient (Wildman–Crippen LogP) is 2.78. The number of piperazine rings is 1. The van der Waals surface area contributed by atoms with Crippen LogP contribution in [0.25, 0.3) is 16.9 Å². The fourth-order valence-corrected chi connectivity index (χ4v) is 4.03. The number of carbonyl (C=O) groups excluding carboxylic acids is 1. The zero-order chi connectivity index (χ0) is 22.8. The molecule has 0 saturated carbocycles. The molecule has 0 spiro atoms. The van der Waals surface area contributed by atoms with E-state index in [9.17, 15) is 9.90 Å². The summed E-state index contributed by atoms with van der Waals surface area (Å²) in [6.07, 6.45) is 1.43. The molecule has 1 fully saturated rings. The summed E-state index contributed by atoms with van der Waals surface area (Å²) in [6, 6.07) is 19.4. The molecule has 1 saturated heterocycles. The van der Waals surface area contributed by atoms with E-state index < -0.39 is 0 Å². The Balaban J connectivity index is 1.30. The molecule has 0 atom stereocenters. The lowest BCUT2D eigenvalue weighted by atomic mass is 10.1. The van der Waals surface area contributed by atoms with Crippen molar-refractivity contribution in [3.8, 4) is 17.1 Å². The molecule has 0 radical (unpaired) electrons. The Morgan fingerprint density at radius 3 is 2.48 bits per heavy atom. The number of rotatable bonds is 5. The molecule has 5 rings (SSSR count). The maximum absolute atomic E-state index is 12.9. The summed E-state index contributed by atoms with van der Waals surface area (Å²) in [5.74, 6) is -0.359. The molecule has 33 heavy (non-hydrogen) atoms. The number of hydrogen-bond donors (Lipinski definition) is 2. The highest BCUT2D eigenvalue weighted by atomic mass is 16.3. The number of anilines is 1. The van der Waals surface area contributed by atoms with Crippen molar-refractivity contribution in [1.82, 2.24) is 24.8 Å². The van der Waals surface area contributed by atoms with Crippen molar-refractivity contribution < 1.29 is 9.90 Å². The van der Waals surface area contributed by atoms with E-state index in [-0.39, 0.29) is 11.8 Å². The Labute approximate surface area is 192 Å². The van der Waals surface area contributed by atoms with Crippen LogP contribution in [0, 0.1) is 0 Å². The molecule has 0 unspecified atom stereocenters. The number of aromatic nitrogens is 3. The van der Waals surface area contributed by atoms with Crippen LogP contribution in [0.1, 0.15) is 15.9 Å². The van der Waals surface area contributed by atoms with Crippen LogP contribution in [0.2, 0.25) is 0 Å². The van der Waals surface area contributed by atoms with Crippen molar-refractivity contribution in [2.45, 2.75) is 6.54 Å². The summed E-state index contributed by atoms with van der Waals surface area (Å²) in [4.78, 5) is 22.2. The van der Waals surface area contributed by atoms with Gasteiger partial charge < -0.3 is 20.2 Å². The van der Waals surface area contributed by atoms with Crippen molar-refractivity contribution in [2.75, 3.05) is 38.1 Å². The fraction of sp³-hybridized carbons (Fsp3) is 0.240. The van der Waals surface area contributed by atoms with Crippen molar-refractivity contribution >= 4 is 17.2 Å². The summed E-state index contributed by atoms with van der Waals surface area (Å²) < 4.78 is 1.27. The third-order valence-corrected chi connectivity index (χ3v) is 6.03. The predicted molar refractivity (Wildman–Crippen MR) is 127 cm³/mol. The van der Waals surface area contributed by atoms with Crippen LogP contribution in [-0.2, 0) is 6.54 Å². The second-order valence-electron chi connectivity index (χ2n) is 8.30. The van der Waals surface area contributed by atoms with Gasteiger partial charge in [-0.1, -0.05) is 42.5 Å². The third kappa shape index (κ3) is 4.38. The summed E-state index contributed by atoms with van der Waals surface area (Å²) in [7, 11) is 2.15. The van der Waals surface area contributed by atoms with Crippen LogP contribution in [0.5, 0.6) is 5.88 Å². The van der Waals surface area contributed by atoms with Crippen LogP contribution in [-0.4, -0.2) is 63.7 Å². The largest absolute Gasteiger partial charge is 0.493 e. The van der Waals surface area contributed by atoms with Crippen LogP contribution < -0.4 is 10.2 Å². The Hall–Kier alpha value is -3.91. The van der Waals surface area contributed by atoms with Gasteiger partial charge in [-0.25, -0.2) is 4.98 Å². The van der Waals surface area contributed by atoms with E-state index in [0.717, 1.165) is 37.3 Å². The molecule has 1 aliphatic rings. The first kappa shape index (κ1) is 21.0. The van der Waals surface area contributed by atoms with Crippen LogP contribution in [0.15, 0.2) is 66.9 Å². The van der Waals surface area contributed by atoms with E-state index in [1.807, 2.05) is 42.5 Å². The Kier molecular flexibility index (Phi) is 5.66. The average molecular weight is 443 g/mol. The number of fused-ring (bicyclic) bond motifs is 1. The number of amides is 1. The molecule has 4 aromatic rings. The van der Waals surface area contributed by atoms with Crippen LogP contribution in [0.4, 0.5) is 5.69 Å². The van der Waals surface area contributed by atoms with Crippen LogP contribution >= 0.6 is 0 Å². The number of aromatic hydroxyl groups is 1. The van der Waals surface area contributed by atoms with E-state index in [1.165, 1.54) is 16.4 Å². The third-order valence-electron chi connectivity index (χ3n) is 6.03. The number of benzene rings is 2. The quantitative estimate of drug-likeness (QED) is 0.494. The van der Waals surface area contributed by atoms with Gasteiger partial charge in [-0.15, -0.1) is 0 Å². The minimum Gasteiger partial charge on any atom is -0.493 e. The van der Waals surface area contributed by atoms with Gasteiger partial charge in [0.15, 0.2) is 5.65 Å². The van der Waals surface area contributed by atoms with E-state index in [4.69, 9.17) is 0 Å². The fourth-order valence-electron chi connectivity index (χ4n) is 4.03. The zero-order valence-corrected chi connectivity index (χ0v) is 18.5. The van der Waals surface area contributed by atoms with E-state index >= 15 is 0 Å². The Bertz CT molecular complexity index is 1260. The summed E-state index contributed by atoms with van der Waals surface area (Å²) in [6.45, 7) is 4.56. The molecular formula is C25H26N6O2. The zero-order valence-electron chi connectivity index (χ0n) is 18.5. The lowest BCUT2D eigenvalue weighted by molar-refractivity contribution is 0.0952. The molecule has 2 aromatic carbocycles. The molecule has 0 bridgehead atoms. The maximum atomic E-state index is 12.9. The highest BCUT2D eigenvalue weighted by molar-refractivity contribution is 5.99. The highest BCUT2D eigenvalue weighted by Crippen LogP contribution is 2.24. The minimum absolute atomic E-state index is 0.0719. The molecular weight excluding hydrogens is 416 g/mol. The molecule has 2 N–H and O–H groups in total. The molecule has 168 valence electrons. The second kappa shape index (κ2) is 8.91. The first-order valence-corrected chi connectivity index (χ1v) is 11.0. The van der Waals surface area contributed by atoms with E-state index in [0.29, 0.717) is 23.4 Å². The monoisotopic (exact) mass is 442 g/mol. The van der Waals surface area contributed by atoms with E-state index in [2.05, 4.69) is 44.4 Å². The highest BCUT2D eigenvalue weighted by Gasteiger charge is 2.18. The van der Waals surface area contributed by atoms with Gasteiger partial charge in [-0.2, -0.15) is 9.61 Å². The second-order valence-corrected chi connectivity index (χ2v) is 8.30. The van der Waals surface area contributed by atoms with Gasteiger partial charge in [0.25, 0.3) is 5.91 Å². The number of carbonyl (C=O) groups is 1. The van der Waals surface area contributed by atoms with Crippen molar-refractivity contribution in [3.05, 3.63) is 78.0 Å². The van der Waals surface area contributed by atoms with Gasteiger partial charge in [0.1, 0.15) is 5.56 Å². The van der Waals surface area contributed by atoms with Crippen molar-refractivity contribution in [3.63, 3.8) is 0 Å². The smallest absolute Gasteiger partial charge is 0.257 e. The summed E-state index contributed by atoms with van der Waals surface area (Å²) in [5.41, 5.74) is 4.28. The molecule has 8 nitrogen and oxygen atoms in total. The molecule has 8 heteroatoms. The van der Waals surface area contributed by atoms with Gasteiger partial charge in [-0.3, -0.25) is 4.79 Å². The van der Waals surface area contributed by atoms with Crippen molar-refractivity contribution in [2.24, 2.45) is 0 Å². The first-order chi connectivity index (χ1) is 16.1. The van der Waals surface area contributed by atoms with Crippen molar-refractivity contribution in [1.29, 1.82) is 0 Å². The van der Waals surface area contributed by atoms with E-state index in [1.54, 1.807) is 6.07 Å². The molecule has 2 aromatic heterocycles. The Morgan fingerprint density at radius 1 is 1.03 bits per heavy atom. The van der Waals surface area contributed by atoms with Gasteiger partial charge in [0.05, 0.1) is 11.9 Å². The number of likely N-dealkylation sites (N-methyl/N-ethyl adjacent to an activating group) is 1. The molecule has 1 aliphatic heterocycles. The minimum atomic E-state index is -0.287. The lowest BCUT2D eigenvalue weighted by Gasteiger charge is -2.34. The number of nitrogens with zero attached hydrogens (tertiary/aromatic N) is 5. The van der Waals surface area contributed by atoms with Gasteiger partial charge in [0.2, 0.25) is 5.88 Å². The topological polar surface area (TPSA) is 86.0 Å². The first-order valence-electron chi connectivity index (χ1n) is 11.0. The average Bonchev–Trinajstić information content (AvgIpc) is 3.29. The number of nitrogens with one attached hydrogen (secondary N) is 1. The molecule has 3 heterocycles. The lowest BCUT2D eigenvalue weighted by Crippen LogP contribution is -2.44. The maximum Gasteiger partial charge on any atom is 0.257 e. The Morgan fingerprint density at radius 2 is 1.76 bits per heavy atom. The van der Waals surface area contributed by atoms with Crippen LogP contribution in [0.3, 0.4) is 0 Å². The number of hydrogen-bond acceptors (Lipinski definition) is 6. The van der Waals surface area contributed by atoms with Gasteiger partial charge in [-0.05, 0) is 24.7 Å². The molecule has 0 aliphatic carbocycles. The molecule has 1 amide bonds. The standard InChI is InChI=1S/C25H26N6O2/c1-29-11-13-30(14-12-29)20-9-7-18(8-10-20)16-26-25(33)21-17-27-31-23(32)15-22(28-24(21)31)19-5-3-2-4-6-19/h2-10,15,17,32H,11-14,16H2,1H3,(H,26,33).